The third-order valence-corrected chi connectivity index (χ3v) is 3.36. The van der Waals surface area contributed by atoms with E-state index in [1.165, 1.54) is 25.3 Å². The molecule has 1 saturated heterocycles. The van der Waals surface area contributed by atoms with Crippen LogP contribution in [0.3, 0.4) is 0 Å². The van der Waals surface area contributed by atoms with Gasteiger partial charge in [-0.15, -0.1) is 0 Å². The van der Waals surface area contributed by atoms with Crippen LogP contribution in [-0.4, -0.2) is 26.1 Å². The first kappa shape index (κ1) is 12.8. The van der Waals surface area contributed by atoms with Gasteiger partial charge in [0.1, 0.15) is 11.6 Å². The van der Waals surface area contributed by atoms with Crippen LogP contribution in [0.15, 0.2) is 18.2 Å². The largest absolute Gasteiger partial charge is 0.494 e. The third kappa shape index (κ3) is 2.61. The van der Waals surface area contributed by atoms with Gasteiger partial charge in [0.15, 0.2) is 0 Å². The number of halogens is 1. The third-order valence-electron chi connectivity index (χ3n) is 3.36. The summed E-state index contributed by atoms with van der Waals surface area (Å²) in [6.45, 7) is 3.64. The quantitative estimate of drug-likeness (QED) is 0.856. The summed E-state index contributed by atoms with van der Waals surface area (Å²) in [6.07, 6.45) is 0. The Bertz CT molecular complexity index is 447. The minimum Gasteiger partial charge on any atom is -0.494 e. The lowest BCUT2D eigenvalue weighted by atomic mass is 9.88. The lowest BCUT2D eigenvalue weighted by molar-refractivity contribution is -0.121. The van der Waals surface area contributed by atoms with Crippen LogP contribution in [0.5, 0.6) is 5.75 Å². The fraction of sp³-hybridized carbons (Fsp3) is 0.462. The van der Waals surface area contributed by atoms with Crippen LogP contribution in [0.1, 0.15) is 6.92 Å². The number of hydrogen-bond acceptors (Lipinski definition) is 3. The molecule has 2 rings (SSSR count). The van der Waals surface area contributed by atoms with E-state index in [0.717, 1.165) is 13.1 Å². The highest BCUT2D eigenvalue weighted by atomic mass is 19.1. The molecule has 0 radical (unpaired) electrons. The maximum atomic E-state index is 13.0. The first-order valence-corrected chi connectivity index (χ1v) is 5.97. The van der Waals surface area contributed by atoms with E-state index in [-0.39, 0.29) is 17.6 Å². The number of carbonyl (C=O) groups is 1. The fourth-order valence-corrected chi connectivity index (χ4v) is 1.89. The van der Waals surface area contributed by atoms with Gasteiger partial charge in [-0.3, -0.25) is 4.79 Å². The molecule has 1 unspecified atom stereocenters. The highest BCUT2D eigenvalue weighted by Gasteiger charge is 2.29. The van der Waals surface area contributed by atoms with Crippen molar-refractivity contribution < 1.29 is 13.9 Å². The number of ether oxygens (including phenoxy) is 1. The zero-order chi connectivity index (χ0) is 13.1. The average Bonchev–Trinajstić information content (AvgIpc) is 2.29. The van der Waals surface area contributed by atoms with Crippen molar-refractivity contribution in [2.45, 2.75) is 6.92 Å². The van der Waals surface area contributed by atoms with Crippen molar-refractivity contribution in [3.8, 4) is 5.75 Å². The molecule has 1 heterocycles. The molecule has 1 aromatic rings. The van der Waals surface area contributed by atoms with Gasteiger partial charge in [-0.2, -0.15) is 0 Å². The van der Waals surface area contributed by atoms with Gasteiger partial charge in [0.05, 0.1) is 12.8 Å². The molecule has 0 saturated carbocycles. The summed E-state index contributed by atoms with van der Waals surface area (Å²) in [6, 6.07) is 4.07. The van der Waals surface area contributed by atoms with E-state index in [2.05, 4.69) is 10.6 Å². The van der Waals surface area contributed by atoms with Gasteiger partial charge in [0.25, 0.3) is 0 Å². The Morgan fingerprint density at radius 3 is 2.83 bits per heavy atom. The summed E-state index contributed by atoms with van der Waals surface area (Å²) in [7, 11) is 1.45. The van der Waals surface area contributed by atoms with Crippen LogP contribution in [0, 0.1) is 17.7 Å². The molecule has 4 nitrogen and oxygen atoms in total. The molecule has 0 aromatic heterocycles. The highest BCUT2D eigenvalue weighted by Crippen LogP contribution is 2.26. The van der Waals surface area contributed by atoms with Gasteiger partial charge in [0, 0.05) is 12.0 Å². The Labute approximate surface area is 106 Å². The van der Waals surface area contributed by atoms with E-state index in [1.807, 2.05) is 6.92 Å². The summed E-state index contributed by atoms with van der Waals surface area (Å²) < 4.78 is 18.1. The number of methoxy groups -OCH3 is 1. The van der Waals surface area contributed by atoms with E-state index >= 15 is 0 Å². The number of carbonyl (C=O) groups excluding carboxylic acids is 1. The van der Waals surface area contributed by atoms with Gasteiger partial charge in [-0.1, -0.05) is 6.92 Å². The summed E-state index contributed by atoms with van der Waals surface area (Å²) in [5, 5.41) is 5.92. The standard InChI is InChI=1S/C13H17FN2O2/c1-8(9-6-15-7-9)13(17)16-11-4-3-10(14)5-12(11)18-2/h3-5,8-9,15H,6-7H2,1-2H3,(H,16,17). The van der Waals surface area contributed by atoms with Crippen LogP contribution in [0.4, 0.5) is 10.1 Å². The molecule has 5 heteroatoms. The smallest absolute Gasteiger partial charge is 0.227 e. The second-order valence-corrected chi connectivity index (χ2v) is 4.54. The number of nitrogens with one attached hydrogen (secondary N) is 2. The average molecular weight is 252 g/mol. The minimum atomic E-state index is -0.388. The number of amides is 1. The van der Waals surface area contributed by atoms with Crippen LogP contribution >= 0.6 is 0 Å². The Morgan fingerprint density at radius 1 is 1.56 bits per heavy atom. The molecule has 2 N–H and O–H groups in total. The van der Waals surface area contributed by atoms with Crippen molar-refractivity contribution in [2.24, 2.45) is 11.8 Å². The minimum absolute atomic E-state index is 0.0635. The Balaban J connectivity index is 2.06. The molecule has 18 heavy (non-hydrogen) atoms. The maximum absolute atomic E-state index is 13.0. The van der Waals surface area contributed by atoms with E-state index in [9.17, 15) is 9.18 Å². The molecular formula is C13H17FN2O2. The highest BCUT2D eigenvalue weighted by molar-refractivity contribution is 5.94. The van der Waals surface area contributed by atoms with Crippen LogP contribution in [0.2, 0.25) is 0 Å². The van der Waals surface area contributed by atoms with E-state index in [0.29, 0.717) is 17.4 Å². The molecule has 0 aliphatic carbocycles. The molecule has 0 spiro atoms. The van der Waals surface area contributed by atoms with Gasteiger partial charge < -0.3 is 15.4 Å². The van der Waals surface area contributed by atoms with Crippen molar-refractivity contribution in [3.05, 3.63) is 24.0 Å². The molecule has 1 atom stereocenters. The molecular weight excluding hydrogens is 235 g/mol. The predicted octanol–water partition coefficient (Wildman–Crippen LogP) is 1.63. The Morgan fingerprint density at radius 2 is 2.28 bits per heavy atom. The van der Waals surface area contributed by atoms with E-state index in [1.54, 1.807) is 0 Å². The van der Waals surface area contributed by atoms with Crippen LogP contribution in [-0.2, 0) is 4.79 Å². The fourth-order valence-electron chi connectivity index (χ4n) is 1.89. The van der Waals surface area contributed by atoms with Crippen molar-refractivity contribution in [1.82, 2.24) is 5.32 Å². The zero-order valence-corrected chi connectivity index (χ0v) is 10.5. The second kappa shape index (κ2) is 5.35. The molecule has 1 aromatic carbocycles. The van der Waals surface area contributed by atoms with Crippen molar-refractivity contribution >= 4 is 11.6 Å². The summed E-state index contributed by atoms with van der Waals surface area (Å²) in [4.78, 5) is 12.0. The van der Waals surface area contributed by atoms with Crippen molar-refractivity contribution in [1.29, 1.82) is 0 Å². The van der Waals surface area contributed by atoms with Crippen LogP contribution < -0.4 is 15.4 Å². The van der Waals surface area contributed by atoms with Gasteiger partial charge >= 0.3 is 0 Å². The molecule has 1 aliphatic rings. The first-order valence-electron chi connectivity index (χ1n) is 5.97. The number of hydrogen-bond donors (Lipinski definition) is 2. The molecule has 1 amide bonds. The van der Waals surface area contributed by atoms with Crippen molar-refractivity contribution in [3.63, 3.8) is 0 Å². The Kier molecular flexibility index (Phi) is 3.81. The predicted molar refractivity (Wildman–Crippen MR) is 67.1 cm³/mol. The van der Waals surface area contributed by atoms with Gasteiger partial charge in [-0.05, 0) is 31.1 Å². The molecule has 1 fully saturated rings. The lowest BCUT2D eigenvalue weighted by Gasteiger charge is -2.31. The summed E-state index contributed by atoms with van der Waals surface area (Å²) >= 11 is 0. The molecule has 98 valence electrons. The zero-order valence-electron chi connectivity index (χ0n) is 10.5. The van der Waals surface area contributed by atoms with Crippen molar-refractivity contribution in [2.75, 3.05) is 25.5 Å². The topological polar surface area (TPSA) is 50.4 Å². The summed E-state index contributed by atoms with van der Waals surface area (Å²) in [5.74, 6) is 0.187. The molecule has 1 aliphatic heterocycles. The Hall–Kier alpha value is -1.62. The molecule has 0 bridgehead atoms. The van der Waals surface area contributed by atoms with E-state index < -0.39 is 0 Å². The summed E-state index contributed by atoms with van der Waals surface area (Å²) in [5.41, 5.74) is 0.503. The number of rotatable bonds is 4. The monoisotopic (exact) mass is 252 g/mol. The van der Waals surface area contributed by atoms with E-state index in [4.69, 9.17) is 4.74 Å². The second-order valence-electron chi connectivity index (χ2n) is 4.54. The lowest BCUT2D eigenvalue weighted by Crippen LogP contribution is -2.48. The normalized spacial score (nSPS) is 16.8. The van der Waals surface area contributed by atoms with Gasteiger partial charge in [0.2, 0.25) is 5.91 Å². The van der Waals surface area contributed by atoms with Crippen LogP contribution in [0.25, 0.3) is 0 Å². The first-order chi connectivity index (χ1) is 8.61. The SMILES string of the molecule is COc1cc(F)ccc1NC(=O)C(C)C1CNC1. The van der Waals surface area contributed by atoms with Gasteiger partial charge in [-0.25, -0.2) is 4.39 Å². The maximum Gasteiger partial charge on any atom is 0.227 e. The number of anilines is 1. The number of benzene rings is 1.